The Hall–Kier alpha value is -1.14. The average Bonchev–Trinajstić information content (AvgIpc) is 2.49. The molecule has 1 saturated heterocycles. The highest BCUT2D eigenvalue weighted by Crippen LogP contribution is 2.11. The van der Waals surface area contributed by atoms with Crippen LogP contribution in [0.5, 0.6) is 0 Å². The van der Waals surface area contributed by atoms with Crippen LogP contribution in [0.2, 0.25) is 0 Å². The Morgan fingerprint density at radius 3 is 2.45 bits per heavy atom. The molecule has 6 nitrogen and oxygen atoms in total. The lowest BCUT2D eigenvalue weighted by Crippen LogP contribution is -2.38. The lowest BCUT2D eigenvalue weighted by Gasteiger charge is -2.21. The number of carboxylic acids is 1. The Balaban J connectivity index is 0.00000172. The molecule has 20 heavy (non-hydrogen) atoms. The molecule has 1 fully saturated rings. The number of hydrogen-bond donors (Lipinski definition) is 4. The molecule has 0 aromatic carbocycles. The van der Waals surface area contributed by atoms with E-state index < -0.39 is 12.0 Å². The van der Waals surface area contributed by atoms with E-state index in [4.69, 9.17) is 10.8 Å². The zero-order valence-corrected chi connectivity index (χ0v) is 12.7. The summed E-state index contributed by atoms with van der Waals surface area (Å²) in [5, 5.41) is 14.7. The number of piperidine rings is 1. The third-order valence-electron chi connectivity index (χ3n) is 3.27. The summed E-state index contributed by atoms with van der Waals surface area (Å²) < 4.78 is 0. The van der Waals surface area contributed by atoms with Gasteiger partial charge < -0.3 is 21.5 Å². The Bertz CT molecular complexity index is 279. The lowest BCUT2D eigenvalue weighted by atomic mass is 9.97. The number of hydrogen-bond acceptors (Lipinski definition) is 4. The zero-order valence-electron chi connectivity index (χ0n) is 12.7. The molecule has 1 amide bonds. The van der Waals surface area contributed by atoms with E-state index >= 15 is 0 Å². The fourth-order valence-electron chi connectivity index (χ4n) is 2.05. The minimum Gasteiger partial charge on any atom is -0.480 e. The first-order valence-electron chi connectivity index (χ1n) is 7.58. The molecule has 1 atom stereocenters. The van der Waals surface area contributed by atoms with Crippen molar-refractivity contribution in [2.24, 2.45) is 11.7 Å². The van der Waals surface area contributed by atoms with Crippen LogP contribution in [0.4, 0.5) is 0 Å². The molecule has 5 N–H and O–H groups in total. The third-order valence-corrected chi connectivity index (χ3v) is 3.27. The second-order valence-corrected chi connectivity index (χ2v) is 4.76. The van der Waals surface area contributed by atoms with Crippen LogP contribution in [-0.4, -0.2) is 42.7 Å². The molecular weight excluding hydrogens is 258 g/mol. The number of nitrogens with two attached hydrogens (primary N) is 1. The minimum absolute atomic E-state index is 0.124. The number of unbranched alkanes of at least 4 members (excludes halogenated alkanes) is 1. The predicted molar refractivity (Wildman–Crippen MR) is 79.4 cm³/mol. The number of amides is 1. The Morgan fingerprint density at radius 2 is 1.90 bits per heavy atom. The Morgan fingerprint density at radius 1 is 1.30 bits per heavy atom. The van der Waals surface area contributed by atoms with Crippen molar-refractivity contribution in [1.29, 1.82) is 0 Å². The maximum atomic E-state index is 11.7. The van der Waals surface area contributed by atoms with Crippen molar-refractivity contribution >= 4 is 11.9 Å². The summed E-state index contributed by atoms with van der Waals surface area (Å²) >= 11 is 0. The van der Waals surface area contributed by atoms with Crippen molar-refractivity contribution in [2.75, 3.05) is 19.6 Å². The molecule has 1 rings (SSSR count). The number of nitrogens with one attached hydrogen (secondary N) is 2. The average molecular weight is 287 g/mol. The van der Waals surface area contributed by atoms with Crippen LogP contribution in [0.25, 0.3) is 0 Å². The zero-order chi connectivity index (χ0) is 15.4. The van der Waals surface area contributed by atoms with E-state index in [2.05, 4.69) is 10.6 Å². The van der Waals surface area contributed by atoms with E-state index in [-0.39, 0.29) is 11.8 Å². The number of carboxylic acid groups (broad SMARTS) is 1. The summed E-state index contributed by atoms with van der Waals surface area (Å²) in [5.74, 6) is -0.708. The molecule has 1 unspecified atom stereocenters. The molecule has 0 aromatic heterocycles. The van der Waals surface area contributed by atoms with Crippen LogP contribution >= 0.6 is 0 Å². The molecule has 0 radical (unpaired) electrons. The van der Waals surface area contributed by atoms with E-state index in [1.165, 1.54) is 0 Å². The van der Waals surface area contributed by atoms with Crippen molar-refractivity contribution in [3.63, 3.8) is 0 Å². The van der Waals surface area contributed by atoms with Crippen LogP contribution in [0.3, 0.4) is 0 Å². The van der Waals surface area contributed by atoms with Crippen LogP contribution in [0.1, 0.15) is 46.0 Å². The van der Waals surface area contributed by atoms with Crippen molar-refractivity contribution < 1.29 is 14.7 Å². The van der Waals surface area contributed by atoms with Gasteiger partial charge in [0, 0.05) is 12.5 Å². The highest BCUT2D eigenvalue weighted by atomic mass is 16.4. The quantitative estimate of drug-likeness (QED) is 0.516. The van der Waals surface area contributed by atoms with Gasteiger partial charge in [0.2, 0.25) is 5.91 Å². The van der Waals surface area contributed by atoms with Gasteiger partial charge in [-0.15, -0.1) is 0 Å². The first kappa shape index (κ1) is 18.9. The summed E-state index contributed by atoms with van der Waals surface area (Å²) in [5.41, 5.74) is 5.38. The van der Waals surface area contributed by atoms with E-state index in [1.807, 2.05) is 13.8 Å². The van der Waals surface area contributed by atoms with Crippen molar-refractivity contribution in [3.05, 3.63) is 0 Å². The summed E-state index contributed by atoms with van der Waals surface area (Å²) in [6.07, 6.45) is 3.75. The third kappa shape index (κ3) is 8.12. The molecule has 0 aliphatic carbocycles. The van der Waals surface area contributed by atoms with Crippen LogP contribution in [0, 0.1) is 5.92 Å². The monoisotopic (exact) mass is 287 g/mol. The van der Waals surface area contributed by atoms with Gasteiger partial charge in [-0.1, -0.05) is 13.8 Å². The Kier molecular flexibility index (Phi) is 11.0. The summed E-state index contributed by atoms with van der Waals surface area (Å²) in [7, 11) is 0. The van der Waals surface area contributed by atoms with Crippen LogP contribution < -0.4 is 16.4 Å². The molecular formula is C14H29N3O3. The second-order valence-electron chi connectivity index (χ2n) is 4.76. The van der Waals surface area contributed by atoms with Gasteiger partial charge >= 0.3 is 5.97 Å². The molecule has 6 heteroatoms. The minimum atomic E-state index is -0.964. The molecule has 1 aliphatic heterocycles. The first-order chi connectivity index (χ1) is 9.61. The van der Waals surface area contributed by atoms with E-state index in [1.54, 1.807) is 0 Å². The smallest absolute Gasteiger partial charge is 0.320 e. The number of rotatable bonds is 7. The fraction of sp³-hybridized carbons (Fsp3) is 0.857. The predicted octanol–water partition coefficient (Wildman–Crippen LogP) is 0.711. The highest BCUT2D eigenvalue weighted by Gasteiger charge is 2.20. The largest absolute Gasteiger partial charge is 0.480 e. The van der Waals surface area contributed by atoms with Gasteiger partial charge in [-0.05, 0) is 45.2 Å². The van der Waals surface area contributed by atoms with E-state index in [9.17, 15) is 9.59 Å². The summed E-state index contributed by atoms with van der Waals surface area (Å²) in [4.78, 5) is 22.2. The van der Waals surface area contributed by atoms with E-state index in [0.29, 0.717) is 13.0 Å². The molecule has 0 spiro atoms. The number of aliphatic carboxylic acids is 1. The van der Waals surface area contributed by atoms with Crippen molar-refractivity contribution in [2.45, 2.75) is 52.0 Å². The molecule has 1 aliphatic rings. The molecule has 0 aromatic rings. The van der Waals surface area contributed by atoms with Crippen molar-refractivity contribution in [1.82, 2.24) is 10.6 Å². The number of carbonyl (C=O) groups is 2. The Labute approximate surface area is 121 Å². The van der Waals surface area contributed by atoms with Crippen LogP contribution in [0.15, 0.2) is 0 Å². The standard InChI is InChI=1S/C12H23N3O3.C2H6/c13-10(12(17)18)3-1-2-6-15-11(16)9-4-7-14-8-5-9;1-2/h9-10,14H,1-8,13H2,(H,15,16)(H,17,18);1-2H3. The molecule has 118 valence electrons. The lowest BCUT2D eigenvalue weighted by molar-refractivity contribution is -0.138. The van der Waals surface area contributed by atoms with Gasteiger partial charge in [0.05, 0.1) is 0 Å². The maximum absolute atomic E-state index is 11.7. The molecule has 0 saturated carbocycles. The first-order valence-corrected chi connectivity index (χ1v) is 7.58. The highest BCUT2D eigenvalue weighted by molar-refractivity contribution is 5.78. The summed E-state index contributed by atoms with van der Waals surface area (Å²) in [6, 6.07) is -0.787. The van der Waals surface area contributed by atoms with E-state index in [0.717, 1.165) is 38.8 Å². The topological polar surface area (TPSA) is 104 Å². The van der Waals surface area contributed by atoms with Crippen LogP contribution in [-0.2, 0) is 9.59 Å². The fourth-order valence-corrected chi connectivity index (χ4v) is 2.05. The van der Waals surface area contributed by atoms with Gasteiger partial charge in [0.1, 0.15) is 6.04 Å². The van der Waals surface area contributed by atoms with Gasteiger partial charge in [0.25, 0.3) is 0 Å². The summed E-state index contributed by atoms with van der Waals surface area (Å²) in [6.45, 7) is 6.42. The van der Waals surface area contributed by atoms with Crippen molar-refractivity contribution in [3.8, 4) is 0 Å². The second kappa shape index (κ2) is 11.7. The number of carbonyl (C=O) groups excluding carboxylic acids is 1. The molecule has 0 bridgehead atoms. The van der Waals surface area contributed by atoms with Gasteiger partial charge in [0.15, 0.2) is 0 Å². The molecule has 1 heterocycles. The van der Waals surface area contributed by atoms with Gasteiger partial charge in [-0.3, -0.25) is 9.59 Å². The van der Waals surface area contributed by atoms with Gasteiger partial charge in [-0.25, -0.2) is 0 Å². The SMILES string of the molecule is CC.NC(CCCCNC(=O)C1CCNCC1)C(=O)O. The van der Waals surface area contributed by atoms with Gasteiger partial charge in [-0.2, -0.15) is 0 Å². The maximum Gasteiger partial charge on any atom is 0.320 e. The normalized spacial score (nSPS) is 16.8.